The second-order valence-corrected chi connectivity index (χ2v) is 5.47. The Morgan fingerprint density at radius 2 is 2.15 bits per heavy atom. The van der Waals surface area contributed by atoms with E-state index in [2.05, 4.69) is 10.3 Å². The van der Waals surface area contributed by atoms with Crippen LogP contribution in [0.15, 0.2) is 30.6 Å². The summed E-state index contributed by atoms with van der Waals surface area (Å²) in [5.41, 5.74) is 0.879. The minimum Gasteiger partial charge on any atom is -0.497 e. The summed E-state index contributed by atoms with van der Waals surface area (Å²) in [4.78, 5) is 4.41. The molecule has 0 aliphatic heterocycles. The van der Waals surface area contributed by atoms with Gasteiger partial charge in [0.25, 0.3) is 0 Å². The second-order valence-electron chi connectivity index (χ2n) is 5.06. The standard InChI is InChI=1S/C15H18ClN3O/c1-20-12-6-7-13(16)14(10-12)19-9-8-17-15(19)18-11-4-2-3-5-11/h6-11H,2-5H2,1H3,(H,17,18). The van der Waals surface area contributed by atoms with E-state index in [9.17, 15) is 0 Å². The summed E-state index contributed by atoms with van der Waals surface area (Å²) in [6.07, 6.45) is 8.69. The number of methoxy groups -OCH3 is 1. The third-order valence-corrected chi connectivity index (χ3v) is 4.06. The van der Waals surface area contributed by atoms with Gasteiger partial charge in [-0.2, -0.15) is 0 Å². The molecule has 0 bridgehead atoms. The zero-order valence-corrected chi connectivity index (χ0v) is 12.2. The van der Waals surface area contributed by atoms with Crippen LogP contribution in [0.4, 0.5) is 5.95 Å². The molecule has 1 N–H and O–H groups in total. The van der Waals surface area contributed by atoms with Crippen LogP contribution in [0.3, 0.4) is 0 Å². The molecule has 1 saturated carbocycles. The molecule has 0 amide bonds. The van der Waals surface area contributed by atoms with Crippen molar-refractivity contribution < 1.29 is 4.74 Å². The molecule has 1 aromatic carbocycles. The Morgan fingerprint density at radius 3 is 2.90 bits per heavy atom. The van der Waals surface area contributed by atoms with E-state index in [0.717, 1.165) is 17.4 Å². The van der Waals surface area contributed by atoms with E-state index in [0.29, 0.717) is 11.1 Å². The van der Waals surface area contributed by atoms with Crippen molar-refractivity contribution >= 4 is 17.5 Å². The van der Waals surface area contributed by atoms with Crippen LogP contribution in [0.1, 0.15) is 25.7 Å². The highest BCUT2D eigenvalue weighted by atomic mass is 35.5. The average molecular weight is 292 g/mol. The molecular weight excluding hydrogens is 274 g/mol. The van der Waals surface area contributed by atoms with E-state index < -0.39 is 0 Å². The van der Waals surface area contributed by atoms with E-state index in [1.165, 1.54) is 25.7 Å². The van der Waals surface area contributed by atoms with Gasteiger partial charge in [0.15, 0.2) is 0 Å². The van der Waals surface area contributed by atoms with Crippen molar-refractivity contribution in [3.63, 3.8) is 0 Å². The lowest BCUT2D eigenvalue weighted by atomic mass is 10.2. The summed E-state index contributed by atoms with van der Waals surface area (Å²) in [6, 6.07) is 6.13. The molecule has 0 unspecified atom stereocenters. The quantitative estimate of drug-likeness (QED) is 0.929. The Morgan fingerprint density at radius 1 is 1.35 bits per heavy atom. The largest absolute Gasteiger partial charge is 0.497 e. The van der Waals surface area contributed by atoms with E-state index in [4.69, 9.17) is 16.3 Å². The molecule has 5 heteroatoms. The van der Waals surface area contributed by atoms with Crippen molar-refractivity contribution in [2.24, 2.45) is 0 Å². The van der Waals surface area contributed by atoms with Gasteiger partial charge in [0.1, 0.15) is 5.75 Å². The first-order valence-corrected chi connectivity index (χ1v) is 7.29. The van der Waals surface area contributed by atoms with Crippen LogP contribution in [0, 0.1) is 0 Å². The lowest BCUT2D eigenvalue weighted by Gasteiger charge is -2.16. The highest BCUT2D eigenvalue weighted by molar-refractivity contribution is 6.32. The molecule has 0 saturated heterocycles. The fraction of sp³-hybridized carbons (Fsp3) is 0.400. The molecule has 106 valence electrons. The fourth-order valence-electron chi connectivity index (χ4n) is 2.66. The van der Waals surface area contributed by atoms with Gasteiger partial charge >= 0.3 is 0 Å². The average Bonchev–Trinajstić information content (AvgIpc) is 3.12. The minimum atomic E-state index is 0.514. The SMILES string of the molecule is COc1ccc(Cl)c(-n2ccnc2NC2CCCC2)c1. The molecule has 3 rings (SSSR count). The number of hydrogen-bond acceptors (Lipinski definition) is 3. The molecule has 0 spiro atoms. The zero-order chi connectivity index (χ0) is 13.9. The van der Waals surface area contributed by atoms with Gasteiger partial charge in [-0.3, -0.25) is 4.57 Å². The molecule has 0 radical (unpaired) electrons. The Hall–Kier alpha value is -1.68. The highest BCUT2D eigenvalue weighted by Gasteiger charge is 2.17. The predicted molar refractivity (Wildman–Crippen MR) is 81.0 cm³/mol. The number of benzene rings is 1. The van der Waals surface area contributed by atoms with Gasteiger partial charge in [-0.05, 0) is 25.0 Å². The summed E-state index contributed by atoms with van der Waals surface area (Å²) in [6.45, 7) is 0. The van der Waals surface area contributed by atoms with Gasteiger partial charge in [-0.15, -0.1) is 0 Å². The maximum Gasteiger partial charge on any atom is 0.207 e. The van der Waals surface area contributed by atoms with E-state index in [1.807, 2.05) is 29.0 Å². The van der Waals surface area contributed by atoms with Crippen LogP contribution < -0.4 is 10.1 Å². The summed E-state index contributed by atoms with van der Waals surface area (Å²) >= 11 is 6.30. The van der Waals surface area contributed by atoms with Crippen molar-refractivity contribution in [2.75, 3.05) is 12.4 Å². The van der Waals surface area contributed by atoms with Crippen LogP contribution in [0.5, 0.6) is 5.75 Å². The van der Waals surface area contributed by atoms with Crippen molar-refractivity contribution in [2.45, 2.75) is 31.7 Å². The molecule has 1 fully saturated rings. The summed E-state index contributed by atoms with van der Waals surface area (Å²) in [5.74, 6) is 1.62. The number of halogens is 1. The number of rotatable bonds is 4. The van der Waals surface area contributed by atoms with Gasteiger partial charge in [-0.25, -0.2) is 4.98 Å². The molecule has 1 heterocycles. The summed E-state index contributed by atoms with van der Waals surface area (Å²) in [7, 11) is 1.65. The molecule has 4 nitrogen and oxygen atoms in total. The lowest BCUT2D eigenvalue weighted by Crippen LogP contribution is -2.17. The van der Waals surface area contributed by atoms with Crippen LogP contribution in [-0.2, 0) is 0 Å². The lowest BCUT2D eigenvalue weighted by molar-refractivity contribution is 0.414. The van der Waals surface area contributed by atoms with Gasteiger partial charge < -0.3 is 10.1 Å². The topological polar surface area (TPSA) is 39.1 Å². The smallest absolute Gasteiger partial charge is 0.207 e. The molecular formula is C15H18ClN3O. The molecule has 20 heavy (non-hydrogen) atoms. The first kappa shape index (κ1) is 13.3. The Bertz CT molecular complexity index is 591. The maximum atomic E-state index is 6.30. The van der Waals surface area contributed by atoms with E-state index >= 15 is 0 Å². The number of nitrogens with one attached hydrogen (secondary N) is 1. The number of aromatic nitrogens is 2. The number of anilines is 1. The first-order chi connectivity index (χ1) is 9.78. The van der Waals surface area contributed by atoms with Gasteiger partial charge in [-0.1, -0.05) is 24.4 Å². The molecule has 1 aliphatic rings. The zero-order valence-electron chi connectivity index (χ0n) is 11.5. The van der Waals surface area contributed by atoms with E-state index in [1.54, 1.807) is 13.3 Å². The van der Waals surface area contributed by atoms with Crippen molar-refractivity contribution in [3.05, 3.63) is 35.6 Å². The number of imidazole rings is 1. The van der Waals surface area contributed by atoms with Crippen molar-refractivity contribution in [1.82, 2.24) is 9.55 Å². The predicted octanol–water partition coefficient (Wildman–Crippen LogP) is 3.89. The van der Waals surface area contributed by atoms with Crippen LogP contribution in [0.25, 0.3) is 5.69 Å². The van der Waals surface area contributed by atoms with E-state index in [-0.39, 0.29) is 0 Å². The monoisotopic (exact) mass is 291 g/mol. The highest BCUT2D eigenvalue weighted by Crippen LogP contribution is 2.29. The van der Waals surface area contributed by atoms with Gasteiger partial charge in [0, 0.05) is 24.5 Å². The Kier molecular flexibility index (Phi) is 3.83. The van der Waals surface area contributed by atoms with Crippen LogP contribution >= 0.6 is 11.6 Å². The fourth-order valence-corrected chi connectivity index (χ4v) is 2.87. The molecule has 0 atom stereocenters. The Labute approximate surface area is 123 Å². The first-order valence-electron chi connectivity index (χ1n) is 6.92. The second kappa shape index (κ2) is 5.75. The summed E-state index contributed by atoms with van der Waals surface area (Å²) < 4.78 is 7.24. The van der Waals surface area contributed by atoms with Gasteiger partial charge in [0.05, 0.1) is 17.8 Å². The molecule has 2 aromatic rings. The number of ether oxygens (including phenoxy) is 1. The maximum absolute atomic E-state index is 6.30. The third-order valence-electron chi connectivity index (χ3n) is 3.74. The number of nitrogens with zero attached hydrogens (tertiary/aromatic N) is 2. The van der Waals surface area contributed by atoms with Crippen molar-refractivity contribution in [1.29, 1.82) is 0 Å². The minimum absolute atomic E-state index is 0.514. The molecule has 1 aliphatic carbocycles. The molecule has 1 aromatic heterocycles. The normalized spacial score (nSPS) is 15.5. The van der Waals surface area contributed by atoms with Crippen LogP contribution in [-0.4, -0.2) is 22.7 Å². The summed E-state index contributed by atoms with van der Waals surface area (Å²) in [5, 5.41) is 4.18. The van der Waals surface area contributed by atoms with Crippen LogP contribution in [0.2, 0.25) is 5.02 Å². The number of hydrogen-bond donors (Lipinski definition) is 1. The Balaban J connectivity index is 1.92. The van der Waals surface area contributed by atoms with Crippen molar-refractivity contribution in [3.8, 4) is 11.4 Å². The van der Waals surface area contributed by atoms with Gasteiger partial charge in [0.2, 0.25) is 5.95 Å². The third kappa shape index (κ3) is 2.61.